The minimum atomic E-state index is -4.05. The molecular formula is C21H18Cl3FN4O2S. The van der Waals surface area contributed by atoms with E-state index in [4.69, 9.17) is 23.2 Å². The molecule has 0 radical (unpaired) electrons. The van der Waals surface area contributed by atoms with Crippen LogP contribution in [0, 0.1) is 5.82 Å². The number of fused-ring (bicyclic) bond motifs is 1. The van der Waals surface area contributed by atoms with Crippen LogP contribution in [0.2, 0.25) is 10.0 Å². The van der Waals surface area contributed by atoms with Gasteiger partial charge in [0.25, 0.3) is 10.0 Å². The Labute approximate surface area is 200 Å². The molecule has 0 aliphatic rings. The maximum absolute atomic E-state index is 13.7. The van der Waals surface area contributed by atoms with Crippen LogP contribution in [0.1, 0.15) is 5.56 Å². The van der Waals surface area contributed by atoms with Crippen molar-refractivity contribution < 1.29 is 12.8 Å². The molecular weight excluding hydrogens is 498 g/mol. The van der Waals surface area contributed by atoms with Gasteiger partial charge in [-0.05, 0) is 49.5 Å². The highest BCUT2D eigenvalue weighted by Gasteiger charge is 2.22. The molecule has 2 aromatic heterocycles. The third-order valence-electron chi connectivity index (χ3n) is 4.61. The maximum Gasteiger partial charge on any atom is 0.268 e. The molecule has 0 fully saturated rings. The lowest BCUT2D eigenvalue weighted by Gasteiger charge is -2.11. The zero-order valence-electron chi connectivity index (χ0n) is 16.6. The van der Waals surface area contributed by atoms with E-state index >= 15 is 0 Å². The summed E-state index contributed by atoms with van der Waals surface area (Å²) in [5.41, 5.74) is 2.68. The normalized spacial score (nSPS) is 11.4. The van der Waals surface area contributed by atoms with Gasteiger partial charge in [0.05, 0.1) is 38.5 Å². The van der Waals surface area contributed by atoms with Crippen LogP contribution in [0.3, 0.4) is 0 Å². The van der Waals surface area contributed by atoms with Gasteiger partial charge in [-0.2, -0.15) is 0 Å². The van der Waals surface area contributed by atoms with Crippen LogP contribution in [-0.2, 0) is 16.6 Å². The number of nitrogens with one attached hydrogen (secondary N) is 2. The Morgan fingerprint density at radius 1 is 1.12 bits per heavy atom. The van der Waals surface area contributed by atoms with Crippen molar-refractivity contribution in [3.05, 3.63) is 82.4 Å². The van der Waals surface area contributed by atoms with Crippen LogP contribution < -0.4 is 10.6 Å². The first kappa shape index (κ1) is 24.3. The van der Waals surface area contributed by atoms with Gasteiger partial charge in [0.15, 0.2) is 0 Å². The first-order valence-electron chi connectivity index (χ1n) is 9.17. The molecule has 2 N–H and O–H groups in total. The van der Waals surface area contributed by atoms with E-state index in [0.29, 0.717) is 44.6 Å². The summed E-state index contributed by atoms with van der Waals surface area (Å²) < 4.78 is 41.4. The predicted octanol–water partition coefficient (Wildman–Crippen LogP) is 5.60. The maximum atomic E-state index is 13.7. The molecule has 0 atom stereocenters. The van der Waals surface area contributed by atoms with Crippen molar-refractivity contribution in [1.82, 2.24) is 14.3 Å². The van der Waals surface area contributed by atoms with Gasteiger partial charge in [0, 0.05) is 23.3 Å². The van der Waals surface area contributed by atoms with Gasteiger partial charge in [0.1, 0.15) is 5.82 Å². The van der Waals surface area contributed by atoms with Crippen molar-refractivity contribution in [3.8, 4) is 0 Å². The Balaban J connectivity index is 0.00000289. The molecule has 0 bridgehead atoms. The molecule has 4 rings (SSSR count). The Bertz CT molecular complexity index is 1390. The van der Waals surface area contributed by atoms with E-state index in [0.717, 1.165) is 10.0 Å². The standard InChI is InChI=1S/C21H17Cl2FN4O2S.ClH/c1-25-10-13-12-28(31(29,30)17-4-2-3-15(24)8-17)20-9-16(11-26-21(13)20)27-19-6-5-14(22)7-18(19)23;/h2-9,11-12,25,27H,10H2,1H3;1H. The number of rotatable bonds is 6. The summed E-state index contributed by atoms with van der Waals surface area (Å²) in [5, 5.41) is 7.03. The Kier molecular flexibility index (Phi) is 7.32. The lowest BCUT2D eigenvalue weighted by Crippen LogP contribution is -2.12. The number of halogens is 4. The smallest absolute Gasteiger partial charge is 0.268 e. The molecule has 6 nitrogen and oxygen atoms in total. The summed E-state index contributed by atoms with van der Waals surface area (Å²) in [6.07, 6.45) is 3.08. The van der Waals surface area contributed by atoms with Gasteiger partial charge in [-0.15, -0.1) is 12.4 Å². The van der Waals surface area contributed by atoms with Crippen LogP contribution >= 0.6 is 35.6 Å². The SMILES string of the molecule is CNCc1cn(S(=O)(=O)c2cccc(F)c2)c2cc(Nc3ccc(Cl)cc3Cl)cnc12.Cl. The fourth-order valence-corrected chi connectivity index (χ4v) is 5.07. The second-order valence-electron chi connectivity index (χ2n) is 6.78. The molecule has 0 saturated heterocycles. The van der Waals surface area contributed by atoms with E-state index in [2.05, 4.69) is 15.6 Å². The highest BCUT2D eigenvalue weighted by Crippen LogP contribution is 2.31. The fourth-order valence-electron chi connectivity index (χ4n) is 3.22. The zero-order valence-corrected chi connectivity index (χ0v) is 19.8. The Morgan fingerprint density at radius 2 is 1.91 bits per heavy atom. The van der Waals surface area contributed by atoms with Gasteiger partial charge in [-0.3, -0.25) is 4.98 Å². The van der Waals surface area contributed by atoms with E-state index in [-0.39, 0.29) is 17.3 Å². The molecule has 0 aliphatic carbocycles. The zero-order chi connectivity index (χ0) is 22.2. The summed E-state index contributed by atoms with van der Waals surface area (Å²) in [5.74, 6) is -0.633. The average molecular weight is 516 g/mol. The molecule has 0 aliphatic heterocycles. The van der Waals surface area contributed by atoms with Gasteiger partial charge >= 0.3 is 0 Å². The molecule has 2 aromatic carbocycles. The minimum Gasteiger partial charge on any atom is -0.353 e. The number of benzene rings is 2. The van der Waals surface area contributed by atoms with Gasteiger partial charge in [-0.1, -0.05) is 29.3 Å². The van der Waals surface area contributed by atoms with Crippen LogP contribution in [-0.4, -0.2) is 24.4 Å². The molecule has 32 heavy (non-hydrogen) atoms. The van der Waals surface area contributed by atoms with Crippen molar-refractivity contribution in [2.24, 2.45) is 0 Å². The van der Waals surface area contributed by atoms with Crippen molar-refractivity contribution in [3.63, 3.8) is 0 Å². The third-order valence-corrected chi connectivity index (χ3v) is 6.83. The Hall–Kier alpha value is -2.36. The molecule has 0 amide bonds. The molecule has 4 aromatic rings. The topological polar surface area (TPSA) is 76.0 Å². The largest absolute Gasteiger partial charge is 0.353 e. The molecule has 0 unspecified atom stereocenters. The number of aromatic nitrogens is 2. The molecule has 0 saturated carbocycles. The summed E-state index contributed by atoms with van der Waals surface area (Å²) in [6, 6.07) is 11.5. The predicted molar refractivity (Wildman–Crippen MR) is 128 cm³/mol. The summed E-state index contributed by atoms with van der Waals surface area (Å²) in [6.45, 7) is 0.408. The fraction of sp³-hybridized carbons (Fsp3) is 0.0952. The third kappa shape index (κ3) is 4.69. The first-order valence-corrected chi connectivity index (χ1v) is 11.4. The second-order valence-corrected chi connectivity index (χ2v) is 9.44. The minimum absolute atomic E-state index is 0. The van der Waals surface area contributed by atoms with Gasteiger partial charge in [-0.25, -0.2) is 16.8 Å². The van der Waals surface area contributed by atoms with Gasteiger partial charge < -0.3 is 10.6 Å². The molecule has 0 spiro atoms. The van der Waals surface area contributed by atoms with E-state index in [1.54, 1.807) is 37.5 Å². The second kappa shape index (κ2) is 9.64. The molecule has 11 heteroatoms. The highest BCUT2D eigenvalue weighted by atomic mass is 35.5. The van der Waals surface area contributed by atoms with Crippen molar-refractivity contribution in [2.75, 3.05) is 12.4 Å². The average Bonchev–Trinajstić information content (AvgIpc) is 3.09. The summed E-state index contributed by atoms with van der Waals surface area (Å²) >= 11 is 12.2. The van der Waals surface area contributed by atoms with Crippen LogP contribution in [0.4, 0.5) is 15.8 Å². The highest BCUT2D eigenvalue weighted by molar-refractivity contribution is 7.90. The monoisotopic (exact) mass is 514 g/mol. The van der Waals surface area contributed by atoms with Crippen molar-refractivity contribution >= 4 is 68.0 Å². The lowest BCUT2D eigenvalue weighted by atomic mass is 10.2. The van der Waals surface area contributed by atoms with Crippen molar-refractivity contribution in [2.45, 2.75) is 11.4 Å². The van der Waals surface area contributed by atoms with E-state index in [9.17, 15) is 12.8 Å². The number of hydrogen-bond acceptors (Lipinski definition) is 5. The van der Waals surface area contributed by atoms with E-state index in [1.165, 1.54) is 24.4 Å². The summed E-state index contributed by atoms with van der Waals surface area (Å²) in [7, 11) is -2.30. The van der Waals surface area contributed by atoms with Crippen molar-refractivity contribution in [1.29, 1.82) is 0 Å². The van der Waals surface area contributed by atoms with Crippen LogP contribution in [0.15, 0.2) is 65.8 Å². The van der Waals surface area contributed by atoms with Crippen LogP contribution in [0.5, 0.6) is 0 Å². The number of pyridine rings is 1. The van der Waals surface area contributed by atoms with E-state index in [1.807, 2.05) is 0 Å². The van der Waals surface area contributed by atoms with E-state index < -0.39 is 15.8 Å². The lowest BCUT2D eigenvalue weighted by molar-refractivity contribution is 0.584. The number of anilines is 2. The number of nitrogens with zero attached hydrogens (tertiary/aromatic N) is 2. The van der Waals surface area contributed by atoms with Gasteiger partial charge in [0.2, 0.25) is 0 Å². The quantitative estimate of drug-likeness (QED) is 0.349. The number of hydrogen-bond donors (Lipinski definition) is 2. The Morgan fingerprint density at radius 3 is 2.59 bits per heavy atom. The van der Waals surface area contributed by atoms with Crippen LogP contribution in [0.25, 0.3) is 11.0 Å². The molecule has 168 valence electrons. The first-order chi connectivity index (χ1) is 14.8. The summed E-state index contributed by atoms with van der Waals surface area (Å²) in [4.78, 5) is 4.30. The molecule has 2 heterocycles.